The van der Waals surface area contributed by atoms with Crippen LogP contribution in [0.2, 0.25) is 0 Å². The summed E-state index contributed by atoms with van der Waals surface area (Å²) in [5.41, 5.74) is 2.57. The van der Waals surface area contributed by atoms with Crippen LogP contribution in [0, 0.1) is 0 Å². The third-order valence-electron chi connectivity index (χ3n) is 4.96. The second-order valence-corrected chi connectivity index (χ2v) is 7.90. The Kier molecular flexibility index (Phi) is 4.97. The Balaban J connectivity index is 1.71. The Morgan fingerprint density at radius 3 is 2.75 bits per heavy atom. The molecule has 2 atom stereocenters. The van der Waals surface area contributed by atoms with Gasteiger partial charge in [0, 0.05) is 30.4 Å². The average molecular weight is 334 g/mol. The summed E-state index contributed by atoms with van der Waals surface area (Å²) in [5.74, 6) is 0.175. The van der Waals surface area contributed by atoms with Crippen LogP contribution in [-0.2, 0) is 21.5 Å². The van der Waals surface area contributed by atoms with Gasteiger partial charge in [0.15, 0.2) is 0 Å². The number of morpholine rings is 1. The van der Waals surface area contributed by atoms with Gasteiger partial charge in [0.1, 0.15) is 0 Å². The van der Waals surface area contributed by atoms with Crippen LogP contribution in [-0.4, -0.2) is 52.9 Å². The highest BCUT2D eigenvalue weighted by Gasteiger charge is 2.31. The van der Waals surface area contributed by atoms with Crippen molar-refractivity contribution in [1.29, 1.82) is 0 Å². The number of carbonyl (C=O) groups excluding carboxylic acids is 1. The van der Waals surface area contributed by atoms with Crippen molar-refractivity contribution in [1.82, 2.24) is 20.0 Å². The van der Waals surface area contributed by atoms with E-state index in [-0.39, 0.29) is 23.5 Å². The summed E-state index contributed by atoms with van der Waals surface area (Å²) < 4.78 is 7.48. The second-order valence-electron chi connectivity index (χ2n) is 7.90. The first-order valence-corrected chi connectivity index (χ1v) is 9.08. The van der Waals surface area contributed by atoms with E-state index in [0.29, 0.717) is 26.3 Å². The van der Waals surface area contributed by atoms with E-state index in [1.54, 1.807) is 0 Å². The van der Waals surface area contributed by atoms with Crippen molar-refractivity contribution in [3.8, 4) is 0 Å². The number of nitrogens with zero attached hydrogens (tertiary/aromatic N) is 3. The summed E-state index contributed by atoms with van der Waals surface area (Å²) in [6, 6.07) is 0.0295. The Labute approximate surface area is 144 Å². The molecule has 2 heterocycles. The summed E-state index contributed by atoms with van der Waals surface area (Å²) in [6.07, 6.45) is 5.24. The fourth-order valence-electron chi connectivity index (χ4n) is 3.74. The molecule has 1 aliphatic carbocycles. The van der Waals surface area contributed by atoms with Gasteiger partial charge in [-0.2, -0.15) is 5.10 Å². The van der Waals surface area contributed by atoms with E-state index in [2.05, 4.69) is 35.9 Å². The lowest BCUT2D eigenvalue weighted by molar-refractivity contribution is -0.137. The van der Waals surface area contributed by atoms with Crippen LogP contribution >= 0.6 is 0 Å². The SMILES string of the molecule is C[C@@H](N[C@@H]1CCCc2c1cnn2C(C)(C)C)C(=O)N1CCOCC1. The minimum Gasteiger partial charge on any atom is -0.378 e. The minimum atomic E-state index is -0.183. The van der Waals surface area contributed by atoms with Crippen LogP contribution in [0.1, 0.15) is 57.8 Å². The first-order chi connectivity index (χ1) is 11.4. The predicted molar refractivity (Wildman–Crippen MR) is 92.9 cm³/mol. The first kappa shape index (κ1) is 17.4. The number of nitrogens with one attached hydrogen (secondary N) is 1. The van der Waals surface area contributed by atoms with Crippen LogP contribution in [0.3, 0.4) is 0 Å². The van der Waals surface area contributed by atoms with E-state index in [1.807, 2.05) is 18.0 Å². The quantitative estimate of drug-likeness (QED) is 0.916. The van der Waals surface area contributed by atoms with Crippen molar-refractivity contribution in [3.05, 3.63) is 17.5 Å². The Morgan fingerprint density at radius 2 is 2.08 bits per heavy atom. The van der Waals surface area contributed by atoms with Gasteiger partial charge >= 0.3 is 0 Å². The lowest BCUT2D eigenvalue weighted by Gasteiger charge is -2.33. The molecule has 0 unspecified atom stereocenters. The van der Waals surface area contributed by atoms with E-state index >= 15 is 0 Å². The molecule has 24 heavy (non-hydrogen) atoms. The van der Waals surface area contributed by atoms with E-state index < -0.39 is 0 Å². The molecule has 0 spiro atoms. The van der Waals surface area contributed by atoms with E-state index in [1.165, 1.54) is 11.3 Å². The monoisotopic (exact) mass is 334 g/mol. The molecule has 6 heteroatoms. The third kappa shape index (κ3) is 3.49. The van der Waals surface area contributed by atoms with Crippen LogP contribution in [0.4, 0.5) is 0 Å². The number of amides is 1. The zero-order chi connectivity index (χ0) is 17.3. The molecule has 0 saturated carbocycles. The molecular weight excluding hydrogens is 304 g/mol. The molecule has 1 fully saturated rings. The lowest BCUT2D eigenvalue weighted by Crippen LogP contribution is -2.50. The summed E-state index contributed by atoms with van der Waals surface area (Å²) in [5, 5.41) is 8.18. The van der Waals surface area contributed by atoms with Crippen LogP contribution in [0.5, 0.6) is 0 Å². The smallest absolute Gasteiger partial charge is 0.239 e. The molecule has 2 aliphatic rings. The summed E-state index contributed by atoms with van der Waals surface area (Å²) in [6.45, 7) is 11.2. The van der Waals surface area contributed by atoms with Crippen molar-refractivity contribution in [2.24, 2.45) is 0 Å². The average Bonchev–Trinajstić information content (AvgIpc) is 3.00. The molecule has 1 saturated heterocycles. The van der Waals surface area contributed by atoms with Gasteiger partial charge in [-0.3, -0.25) is 14.8 Å². The van der Waals surface area contributed by atoms with Gasteiger partial charge in [0.05, 0.1) is 31.0 Å². The molecule has 1 aromatic heterocycles. The van der Waals surface area contributed by atoms with Crippen molar-refractivity contribution in [2.75, 3.05) is 26.3 Å². The van der Waals surface area contributed by atoms with E-state index in [0.717, 1.165) is 19.3 Å². The van der Waals surface area contributed by atoms with Gasteiger partial charge < -0.3 is 9.64 Å². The number of fused-ring (bicyclic) bond motifs is 1. The van der Waals surface area contributed by atoms with Crippen LogP contribution in [0.15, 0.2) is 6.20 Å². The molecule has 3 rings (SSSR count). The van der Waals surface area contributed by atoms with Crippen molar-refractivity contribution in [3.63, 3.8) is 0 Å². The van der Waals surface area contributed by atoms with Crippen molar-refractivity contribution in [2.45, 2.75) is 64.6 Å². The summed E-state index contributed by atoms with van der Waals surface area (Å²) in [4.78, 5) is 14.5. The second kappa shape index (κ2) is 6.84. The Bertz CT molecular complexity index is 584. The van der Waals surface area contributed by atoms with Crippen molar-refractivity contribution < 1.29 is 9.53 Å². The van der Waals surface area contributed by atoms with Gasteiger partial charge in [0.2, 0.25) is 5.91 Å². The number of rotatable bonds is 3. The standard InChI is InChI=1S/C18H30N4O2/c1-13(17(23)21-8-10-24-11-9-21)20-15-6-5-7-16-14(15)12-19-22(16)18(2,3)4/h12-13,15,20H,5-11H2,1-4H3/t13-,15-/m1/s1. The maximum atomic E-state index is 12.6. The molecule has 0 bridgehead atoms. The molecular formula is C18H30N4O2. The largest absolute Gasteiger partial charge is 0.378 e. The first-order valence-electron chi connectivity index (χ1n) is 9.08. The molecule has 6 nitrogen and oxygen atoms in total. The molecule has 0 aromatic carbocycles. The van der Waals surface area contributed by atoms with Crippen molar-refractivity contribution >= 4 is 5.91 Å². The fraction of sp³-hybridized carbons (Fsp3) is 0.778. The van der Waals surface area contributed by atoms with Crippen LogP contribution < -0.4 is 5.32 Å². The number of aromatic nitrogens is 2. The molecule has 0 radical (unpaired) electrons. The van der Waals surface area contributed by atoms with Gasteiger partial charge in [-0.25, -0.2) is 0 Å². The molecule has 1 N–H and O–H groups in total. The number of hydrogen-bond donors (Lipinski definition) is 1. The van der Waals surface area contributed by atoms with Gasteiger partial charge in [-0.15, -0.1) is 0 Å². The third-order valence-corrected chi connectivity index (χ3v) is 4.96. The van der Waals surface area contributed by atoms with Crippen LogP contribution in [0.25, 0.3) is 0 Å². The minimum absolute atomic E-state index is 0.00922. The topological polar surface area (TPSA) is 59.4 Å². The Hall–Kier alpha value is -1.40. The zero-order valence-corrected chi connectivity index (χ0v) is 15.3. The summed E-state index contributed by atoms with van der Waals surface area (Å²) >= 11 is 0. The Morgan fingerprint density at radius 1 is 1.38 bits per heavy atom. The number of hydrogen-bond acceptors (Lipinski definition) is 4. The van der Waals surface area contributed by atoms with Gasteiger partial charge in [-0.05, 0) is 47.0 Å². The van der Waals surface area contributed by atoms with Gasteiger partial charge in [-0.1, -0.05) is 0 Å². The normalized spacial score (nSPS) is 23.0. The maximum absolute atomic E-state index is 12.6. The summed E-state index contributed by atoms with van der Waals surface area (Å²) in [7, 11) is 0. The molecule has 134 valence electrons. The molecule has 1 aliphatic heterocycles. The highest BCUT2D eigenvalue weighted by molar-refractivity contribution is 5.81. The zero-order valence-electron chi connectivity index (χ0n) is 15.3. The molecule has 1 amide bonds. The molecule has 1 aromatic rings. The fourth-order valence-corrected chi connectivity index (χ4v) is 3.74. The predicted octanol–water partition coefficient (Wildman–Crippen LogP) is 1.85. The van der Waals surface area contributed by atoms with E-state index in [4.69, 9.17) is 4.74 Å². The van der Waals surface area contributed by atoms with Gasteiger partial charge in [0.25, 0.3) is 0 Å². The number of carbonyl (C=O) groups is 1. The maximum Gasteiger partial charge on any atom is 0.239 e. The number of ether oxygens (including phenoxy) is 1. The lowest BCUT2D eigenvalue weighted by atomic mass is 9.91. The highest BCUT2D eigenvalue weighted by atomic mass is 16.5. The highest BCUT2D eigenvalue weighted by Crippen LogP contribution is 2.32. The van der Waals surface area contributed by atoms with E-state index in [9.17, 15) is 4.79 Å².